The highest BCUT2D eigenvalue weighted by atomic mass is 32.2. The lowest BCUT2D eigenvalue weighted by Gasteiger charge is -2.21. The lowest BCUT2D eigenvalue weighted by atomic mass is 10.1. The second kappa shape index (κ2) is 7.91. The number of nitrogens with zero attached hydrogens (tertiary/aromatic N) is 1. The van der Waals surface area contributed by atoms with Crippen LogP contribution in [0.1, 0.15) is 35.8 Å². The minimum atomic E-state index is -0.0630. The maximum Gasteiger partial charge on any atom is 0.251 e. The van der Waals surface area contributed by atoms with E-state index in [2.05, 4.69) is 15.7 Å². The normalized spacial score (nSPS) is 18.6. The third-order valence-corrected chi connectivity index (χ3v) is 6.07. The van der Waals surface area contributed by atoms with E-state index >= 15 is 0 Å². The van der Waals surface area contributed by atoms with E-state index in [1.54, 1.807) is 6.07 Å². The number of nitrogens with two attached hydrogens (primary N) is 1. The fourth-order valence-corrected chi connectivity index (χ4v) is 4.63. The summed E-state index contributed by atoms with van der Waals surface area (Å²) in [7, 11) is 0. The first kappa shape index (κ1) is 16.5. The maximum absolute atomic E-state index is 12.3. The minimum absolute atomic E-state index is 0.0630. The molecule has 1 atom stereocenters. The number of nitrogen functional groups attached to an aromatic ring is 1. The third-order valence-electron chi connectivity index (χ3n) is 3.22. The van der Waals surface area contributed by atoms with Gasteiger partial charge < -0.3 is 10.7 Å². The molecule has 2 heterocycles. The van der Waals surface area contributed by atoms with Crippen molar-refractivity contribution >= 4 is 35.2 Å². The molecule has 7 heteroatoms. The molecular formula is C14H22N4OS2. The van der Waals surface area contributed by atoms with Crippen LogP contribution in [0, 0.1) is 0 Å². The lowest BCUT2D eigenvalue weighted by molar-refractivity contribution is 0.0954. The number of carbonyl (C=O) groups is 1. The van der Waals surface area contributed by atoms with Crippen molar-refractivity contribution in [3.8, 4) is 0 Å². The summed E-state index contributed by atoms with van der Waals surface area (Å²) < 4.78 is 0. The number of anilines is 1. The molecule has 116 valence electrons. The first-order chi connectivity index (χ1) is 10.1. The van der Waals surface area contributed by atoms with Gasteiger partial charge in [-0.05, 0) is 18.1 Å². The summed E-state index contributed by atoms with van der Waals surface area (Å²) in [4.78, 5) is 16.7. The fraction of sp³-hybridized carbons (Fsp3) is 0.571. The third kappa shape index (κ3) is 4.79. The summed E-state index contributed by atoms with van der Waals surface area (Å²) >= 11 is 3.89. The Kier molecular flexibility index (Phi) is 6.20. The Morgan fingerprint density at radius 2 is 2.29 bits per heavy atom. The molecule has 2 rings (SSSR count). The Hall–Kier alpha value is -0.920. The Balaban J connectivity index is 2.02. The van der Waals surface area contributed by atoms with Gasteiger partial charge in [-0.15, -0.1) is 0 Å². The number of hydrazine groups is 1. The monoisotopic (exact) mass is 326 g/mol. The van der Waals surface area contributed by atoms with Crippen LogP contribution in [0.5, 0.6) is 0 Å². The van der Waals surface area contributed by atoms with Gasteiger partial charge in [0.15, 0.2) is 0 Å². The Labute approximate surface area is 134 Å². The van der Waals surface area contributed by atoms with Gasteiger partial charge in [-0.25, -0.2) is 10.8 Å². The molecule has 4 N–H and O–H groups in total. The second-order valence-corrected chi connectivity index (χ2v) is 7.80. The molecule has 0 spiro atoms. The Morgan fingerprint density at radius 3 is 2.90 bits per heavy atom. The average Bonchev–Trinajstić information content (AvgIpc) is 2.53. The van der Waals surface area contributed by atoms with Gasteiger partial charge in [0.25, 0.3) is 5.91 Å². The molecule has 1 aliphatic heterocycles. The van der Waals surface area contributed by atoms with E-state index < -0.39 is 0 Å². The van der Waals surface area contributed by atoms with Crippen molar-refractivity contribution in [1.29, 1.82) is 0 Å². The molecule has 1 aromatic heterocycles. The fourth-order valence-electron chi connectivity index (χ4n) is 2.02. The summed E-state index contributed by atoms with van der Waals surface area (Å²) in [6.07, 6.45) is 0. The van der Waals surface area contributed by atoms with E-state index in [-0.39, 0.29) is 11.8 Å². The number of rotatable bonds is 5. The number of carbonyl (C=O) groups excluding carboxylic acids is 1. The van der Waals surface area contributed by atoms with E-state index in [1.807, 2.05) is 43.4 Å². The van der Waals surface area contributed by atoms with Gasteiger partial charge in [0.05, 0.1) is 0 Å². The van der Waals surface area contributed by atoms with E-state index in [1.165, 1.54) is 11.5 Å². The number of pyridine rings is 1. The number of aromatic nitrogens is 1. The number of nitrogens with one attached hydrogen (secondary N) is 2. The predicted octanol–water partition coefficient (Wildman–Crippen LogP) is 2.07. The highest BCUT2D eigenvalue weighted by Gasteiger charge is 2.17. The zero-order valence-electron chi connectivity index (χ0n) is 12.4. The summed E-state index contributed by atoms with van der Waals surface area (Å²) in [5, 5.41) is 3.52. The highest BCUT2D eigenvalue weighted by molar-refractivity contribution is 8.06. The number of amides is 1. The maximum atomic E-state index is 12.3. The molecule has 1 unspecified atom stereocenters. The molecule has 0 radical (unpaired) electrons. The van der Waals surface area contributed by atoms with Crippen molar-refractivity contribution in [2.24, 2.45) is 5.84 Å². The van der Waals surface area contributed by atoms with Crippen molar-refractivity contribution in [2.45, 2.75) is 25.0 Å². The average molecular weight is 326 g/mol. The largest absolute Gasteiger partial charge is 0.351 e. The Bertz CT molecular complexity index is 490. The molecule has 5 nitrogen and oxygen atoms in total. The van der Waals surface area contributed by atoms with Gasteiger partial charge in [-0.1, -0.05) is 13.8 Å². The number of hydrogen-bond acceptors (Lipinski definition) is 6. The summed E-state index contributed by atoms with van der Waals surface area (Å²) in [6, 6.07) is 3.52. The molecule has 1 amide bonds. The molecule has 0 aliphatic carbocycles. The minimum Gasteiger partial charge on any atom is -0.351 e. The molecule has 1 aromatic rings. The Morgan fingerprint density at radius 1 is 1.48 bits per heavy atom. The van der Waals surface area contributed by atoms with Crippen LogP contribution in [0.3, 0.4) is 0 Å². The zero-order valence-corrected chi connectivity index (χ0v) is 14.0. The van der Waals surface area contributed by atoms with E-state index in [0.29, 0.717) is 23.2 Å². The van der Waals surface area contributed by atoms with Crippen LogP contribution in [0.25, 0.3) is 0 Å². The van der Waals surface area contributed by atoms with Gasteiger partial charge in [0, 0.05) is 40.3 Å². The lowest BCUT2D eigenvalue weighted by Crippen LogP contribution is -2.33. The second-order valence-electron chi connectivity index (χ2n) is 5.24. The summed E-state index contributed by atoms with van der Waals surface area (Å²) in [5.74, 6) is 9.62. The molecule has 0 saturated carbocycles. The highest BCUT2D eigenvalue weighted by Crippen LogP contribution is 2.23. The first-order valence-corrected chi connectivity index (χ1v) is 9.26. The smallest absolute Gasteiger partial charge is 0.251 e. The van der Waals surface area contributed by atoms with E-state index in [9.17, 15) is 4.79 Å². The van der Waals surface area contributed by atoms with Gasteiger partial charge in [0.1, 0.15) is 5.82 Å². The standard InChI is InChI=1S/C14H22N4OS2/c1-9(2)12-5-10(6-13(17-12)18-15)14(19)16-7-11-8-20-3-4-21-11/h5-6,9,11H,3-4,7-8,15H2,1-2H3,(H,16,19)(H,17,18). The van der Waals surface area contributed by atoms with Crippen LogP contribution in [0.4, 0.5) is 5.82 Å². The van der Waals surface area contributed by atoms with Crippen LogP contribution < -0.4 is 16.6 Å². The van der Waals surface area contributed by atoms with Crippen LogP contribution in [0.2, 0.25) is 0 Å². The number of hydrogen-bond donors (Lipinski definition) is 3. The van der Waals surface area contributed by atoms with Crippen molar-refractivity contribution in [1.82, 2.24) is 10.3 Å². The first-order valence-electron chi connectivity index (χ1n) is 7.06. The summed E-state index contributed by atoms with van der Waals surface area (Å²) in [5.41, 5.74) is 3.99. The molecule has 1 fully saturated rings. The SMILES string of the molecule is CC(C)c1cc(C(=O)NCC2CSCCS2)cc(NN)n1. The molecular weight excluding hydrogens is 304 g/mol. The molecule has 1 saturated heterocycles. The molecule has 0 aromatic carbocycles. The van der Waals surface area contributed by atoms with Gasteiger partial charge in [0.2, 0.25) is 0 Å². The van der Waals surface area contributed by atoms with Gasteiger partial charge in [-0.2, -0.15) is 23.5 Å². The van der Waals surface area contributed by atoms with Crippen molar-refractivity contribution < 1.29 is 4.79 Å². The topological polar surface area (TPSA) is 80.0 Å². The van der Waals surface area contributed by atoms with Crippen LogP contribution >= 0.6 is 23.5 Å². The molecule has 0 bridgehead atoms. The van der Waals surface area contributed by atoms with Crippen molar-refractivity contribution in [3.63, 3.8) is 0 Å². The number of thioether (sulfide) groups is 2. The summed E-state index contributed by atoms with van der Waals surface area (Å²) in [6.45, 7) is 4.79. The zero-order chi connectivity index (χ0) is 15.2. The van der Waals surface area contributed by atoms with Gasteiger partial charge in [-0.3, -0.25) is 4.79 Å². The van der Waals surface area contributed by atoms with Crippen LogP contribution in [-0.2, 0) is 0 Å². The predicted molar refractivity (Wildman–Crippen MR) is 92.0 cm³/mol. The van der Waals surface area contributed by atoms with Crippen molar-refractivity contribution in [2.75, 3.05) is 29.2 Å². The van der Waals surface area contributed by atoms with E-state index in [4.69, 9.17) is 5.84 Å². The van der Waals surface area contributed by atoms with Gasteiger partial charge >= 0.3 is 0 Å². The molecule has 21 heavy (non-hydrogen) atoms. The molecule has 1 aliphatic rings. The van der Waals surface area contributed by atoms with E-state index in [0.717, 1.165) is 11.4 Å². The van der Waals surface area contributed by atoms with Crippen LogP contribution in [0.15, 0.2) is 12.1 Å². The van der Waals surface area contributed by atoms with Crippen molar-refractivity contribution in [3.05, 3.63) is 23.4 Å². The van der Waals surface area contributed by atoms with Crippen LogP contribution in [-0.4, -0.2) is 39.9 Å². The quantitative estimate of drug-likeness (QED) is 0.568.